The second-order valence-electron chi connectivity index (χ2n) is 5.45. The maximum absolute atomic E-state index is 11.8. The zero-order valence-corrected chi connectivity index (χ0v) is 12.9. The fourth-order valence-corrected chi connectivity index (χ4v) is 2.39. The number of carbonyl (C=O) groups is 3. The zero-order chi connectivity index (χ0) is 16.1. The Morgan fingerprint density at radius 3 is 2.45 bits per heavy atom. The highest BCUT2D eigenvalue weighted by Crippen LogP contribution is 2.09. The number of hydrogen-bond acceptors (Lipinski definition) is 4. The van der Waals surface area contributed by atoms with Crippen LogP contribution in [0.3, 0.4) is 0 Å². The van der Waals surface area contributed by atoms with Crippen molar-refractivity contribution in [3.63, 3.8) is 0 Å². The molecule has 1 saturated heterocycles. The number of hydrogen-bond donors (Lipinski definition) is 2. The van der Waals surface area contributed by atoms with Crippen molar-refractivity contribution in [2.45, 2.75) is 39.7 Å². The van der Waals surface area contributed by atoms with Crippen LogP contribution in [-0.2, 0) is 20.9 Å². The predicted octanol–water partition coefficient (Wildman–Crippen LogP) is -0.340. The molecule has 2 heterocycles. The third-order valence-electron chi connectivity index (χ3n) is 3.49. The Morgan fingerprint density at radius 1 is 1.18 bits per heavy atom. The summed E-state index contributed by atoms with van der Waals surface area (Å²) in [6.07, 6.45) is 2.26. The van der Waals surface area contributed by atoms with E-state index in [1.165, 1.54) is 4.90 Å². The summed E-state index contributed by atoms with van der Waals surface area (Å²) in [5.74, 6) is -0.795. The van der Waals surface area contributed by atoms with Crippen LogP contribution in [0.2, 0.25) is 0 Å². The van der Waals surface area contributed by atoms with Gasteiger partial charge < -0.3 is 4.90 Å². The van der Waals surface area contributed by atoms with Gasteiger partial charge in [-0.15, -0.1) is 0 Å². The molecule has 3 amide bonds. The van der Waals surface area contributed by atoms with E-state index >= 15 is 0 Å². The lowest BCUT2D eigenvalue weighted by atomic mass is 10.1. The molecule has 0 saturated carbocycles. The van der Waals surface area contributed by atoms with E-state index in [0.29, 0.717) is 13.0 Å². The first kappa shape index (κ1) is 16.0. The highest BCUT2D eigenvalue weighted by molar-refractivity contribution is 5.86. The summed E-state index contributed by atoms with van der Waals surface area (Å²) in [5, 5.41) is 4.17. The van der Waals surface area contributed by atoms with Gasteiger partial charge in [-0.1, -0.05) is 0 Å². The first-order chi connectivity index (χ1) is 10.5. The Labute approximate surface area is 128 Å². The van der Waals surface area contributed by atoms with E-state index in [1.807, 2.05) is 19.9 Å². The van der Waals surface area contributed by atoms with E-state index < -0.39 is 5.91 Å². The van der Waals surface area contributed by atoms with Crippen LogP contribution in [0, 0.1) is 13.8 Å². The summed E-state index contributed by atoms with van der Waals surface area (Å²) >= 11 is 0. The maximum atomic E-state index is 11.8. The minimum atomic E-state index is -0.406. The van der Waals surface area contributed by atoms with Gasteiger partial charge in [0.2, 0.25) is 5.91 Å². The first-order valence-corrected chi connectivity index (χ1v) is 7.32. The zero-order valence-electron chi connectivity index (χ0n) is 12.9. The number of nitrogens with zero attached hydrogens (tertiary/aromatic N) is 3. The van der Waals surface area contributed by atoms with Gasteiger partial charge in [-0.3, -0.25) is 29.9 Å². The Bertz CT molecular complexity index is 581. The van der Waals surface area contributed by atoms with Crippen molar-refractivity contribution in [2.24, 2.45) is 0 Å². The van der Waals surface area contributed by atoms with Crippen molar-refractivity contribution in [1.29, 1.82) is 0 Å². The molecule has 8 heteroatoms. The summed E-state index contributed by atoms with van der Waals surface area (Å²) in [4.78, 5) is 36.6. The van der Waals surface area contributed by atoms with Crippen LogP contribution in [0.25, 0.3) is 0 Å². The molecule has 0 aromatic carbocycles. The molecular weight excluding hydrogens is 286 g/mol. The Morgan fingerprint density at radius 2 is 1.86 bits per heavy atom. The largest absolute Gasteiger partial charge is 0.333 e. The van der Waals surface area contributed by atoms with Gasteiger partial charge in [0.1, 0.15) is 13.1 Å². The lowest BCUT2D eigenvalue weighted by molar-refractivity contribution is -0.138. The lowest BCUT2D eigenvalue weighted by Crippen LogP contribution is -2.49. The lowest BCUT2D eigenvalue weighted by Gasteiger charge is -2.25. The monoisotopic (exact) mass is 307 g/mol. The molecule has 0 unspecified atom stereocenters. The number of hydrazine groups is 1. The summed E-state index contributed by atoms with van der Waals surface area (Å²) in [5.41, 5.74) is 6.36. The van der Waals surface area contributed by atoms with E-state index in [4.69, 9.17) is 0 Å². The van der Waals surface area contributed by atoms with Gasteiger partial charge in [0.15, 0.2) is 0 Å². The van der Waals surface area contributed by atoms with Crippen LogP contribution in [0.4, 0.5) is 0 Å². The van der Waals surface area contributed by atoms with Gasteiger partial charge in [-0.2, -0.15) is 5.10 Å². The number of piperidine rings is 1. The first-order valence-electron chi connectivity index (χ1n) is 7.32. The van der Waals surface area contributed by atoms with Gasteiger partial charge in [0.05, 0.1) is 5.69 Å². The number of aryl methyl sites for hydroxylation is 2. The number of carbonyl (C=O) groups excluding carboxylic acids is 3. The van der Waals surface area contributed by atoms with Crippen molar-refractivity contribution in [1.82, 2.24) is 25.5 Å². The number of rotatable bonds is 4. The van der Waals surface area contributed by atoms with Crippen LogP contribution < -0.4 is 10.9 Å². The molecule has 0 radical (unpaired) electrons. The fraction of sp³-hybridized carbons (Fsp3) is 0.571. The minimum absolute atomic E-state index is 0.0182. The molecule has 1 aliphatic heterocycles. The van der Waals surface area contributed by atoms with Crippen LogP contribution in [0.1, 0.15) is 30.7 Å². The average Bonchev–Trinajstić information content (AvgIpc) is 2.77. The van der Waals surface area contributed by atoms with Crippen LogP contribution in [-0.4, -0.2) is 45.5 Å². The highest BCUT2D eigenvalue weighted by Gasteiger charge is 2.20. The van der Waals surface area contributed by atoms with Crippen LogP contribution in [0.5, 0.6) is 0 Å². The number of likely N-dealkylation sites (tertiary alicyclic amines) is 1. The molecule has 1 aromatic heterocycles. The Kier molecular flexibility index (Phi) is 5.13. The summed E-state index contributed by atoms with van der Waals surface area (Å²) in [6, 6.07) is 1.87. The molecule has 1 fully saturated rings. The van der Waals surface area contributed by atoms with E-state index in [1.54, 1.807) is 4.68 Å². The van der Waals surface area contributed by atoms with Crippen molar-refractivity contribution >= 4 is 17.7 Å². The molecule has 0 atom stereocenters. The van der Waals surface area contributed by atoms with Gasteiger partial charge in [-0.05, 0) is 32.8 Å². The Hall–Kier alpha value is -2.38. The van der Waals surface area contributed by atoms with Crippen molar-refractivity contribution in [3.8, 4) is 0 Å². The van der Waals surface area contributed by atoms with Gasteiger partial charge >= 0.3 is 0 Å². The molecule has 22 heavy (non-hydrogen) atoms. The number of aromatic nitrogens is 2. The smallest absolute Gasteiger partial charge is 0.260 e. The third kappa shape index (κ3) is 4.31. The summed E-state index contributed by atoms with van der Waals surface area (Å²) in [7, 11) is 0. The van der Waals surface area contributed by atoms with Crippen molar-refractivity contribution in [2.75, 3.05) is 13.1 Å². The topological polar surface area (TPSA) is 96.3 Å². The molecule has 1 aromatic rings. The average molecular weight is 307 g/mol. The van der Waals surface area contributed by atoms with Crippen LogP contribution >= 0.6 is 0 Å². The molecule has 2 rings (SSSR count). The summed E-state index contributed by atoms with van der Waals surface area (Å²) < 4.78 is 1.56. The second kappa shape index (κ2) is 7.06. The van der Waals surface area contributed by atoms with Gasteiger partial charge in [-0.25, -0.2) is 0 Å². The number of nitrogens with one attached hydrogen (secondary N) is 2. The molecule has 0 aliphatic carbocycles. The molecule has 120 valence electrons. The second-order valence-corrected chi connectivity index (χ2v) is 5.45. The van der Waals surface area contributed by atoms with Crippen molar-refractivity contribution < 1.29 is 14.4 Å². The SMILES string of the molecule is Cc1cc(C)n(CC(=O)NNC(=O)CN2CCCCC2=O)n1. The predicted molar refractivity (Wildman–Crippen MR) is 78.4 cm³/mol. The quantitative estimate of drug-likeness (QED) is 0.744. The molecule has 8 nitrogen and oxygen atoms in total. The Balaban J connectivity index is 1.74. The standard InChI is InChI=1S/C14H21N5O3/c1-10-7-11(2)19(17-10)9-13(21)16-15-12(20)8-18-6-4-3-5-14(18)22/h7H,3-6,8-9H2,1-2H3,(H,15,20)(H,16,21). The molecule has 1 aliphatic rings. The molecule has 0 spiro atoms. The fourth-order valence-electron chi connectivity index (χ4n) is 2.39. The van der Waals surface area contributed by atoms with Gasteiger partial charge in [0.25, 0.3) is 11.8 Å². The maximum Gasteiger partial charge on any atom is 0.260 e. The van der Waals surface area contributed by atoms with E-state index in [-0.39, 0.29) is 24.9 Å². The molecule has 0 bridgehead atoms. The number of amides is 3. The van der Waals surface area contributed by atoms with Crippen molar-refractivity contribution in [3.05, 3.63) is 17.5 Å². The van der Waals surface area contributed by atoms with E-state index in [0.717, 1.165) is 24.2 Å². The van der Waals surface area contributed by atoms with E-state index in [2.05, 4.69) is 16.0 Å². The molecular formula is C14H21N5O3. The van der Waals surface area contributed by atoms with Gasteiger partial charge in [0, 0.05) is 18.7 Å². The highest BCUT2D eigenvalue weighted by atomic mass is 16.2. The summed E-state index contributed by atoms with van der Waals surface area (Å²) in [6.45, 7) is 4.29. The molecule has 2 N–H and O–H groups in total. The third-order valence-corrected chi connectivity index (χ3v) is 3.49. The minimum Gasteiger partial charge on any atom is -0.333 e. The van der Waals surface area contributed by atoms with E-state index in [9.17, 15) is 14.4 Å². The normalized spacial score (nSPS) is 14.8. The van der Waals surface area contributed by atoms with Crippen LogP contribution in [0.15, 0.2) is 6.07 Å².